The van der Waals surface area contributed by atoms with Crippen molar-refractivity contribution in [3.05, 3.63) is 107 Å². The number of methoxy groups -OCH3 is 1. The molecule has 182 valence electrons. The zero-order valence-corrected chi connectivity index (χ0v) is 20.2. The fraction of sp³-hybridized carbons (Fsp3) is 0.172. The fourth-order valence-electron chi connectivity index (χ4n) is 4.93. The van der Waals surface area contributed by atoms with Gasteiger partial charge in [-0.3, -0.25) is 9.59 Å². The third-order valence-electron chi connectivity index (χ3n) is 6.70. The number of rotatable bonds is 5. The lowest BCUT2D eigenvalue weighted by Crippen LogP contribution is -2.29. The molecule has 1 unspecified atom stereocenters. The Morgan fingerprint density at radius 1 is 1.06 bits per heavy atom. The number of aliphatic hydroxyl groups excluding tert-OH is 1. The maximum Gasteiger partial charge on any atom is 0.295 e. The van der Waals surface area contributed by atoms with Gasteiger partial charge in [-0.15, -0.1) is 0 Å². The minimum absolute atomic E-state index is 0.0167. The van der Waals surface area contributed by atoms with Crippen molar-refractivity contribution in [2.24, 2.45) is 7.05 Å². The monoisotopic (exact) mass is 484 g/mol. The molecule has 1 aliphatic rings. The number of amides is 1. The highest BCUT2D eigenvalue weighted by molar-refractivity contribution is 6.46. The largest absolute Gasteiger partial charge is 0.507 e. The Kier molecular flexibility index (Phi) is 5.84. The van der Waals surface area contributed by atoms with E-state index in [4.69, 9.17) is 4.74 Å². The van der Waals surface area contributed by atoms with E-state index in [2.05, 4.69) is 0 Å². The molecule has 1 aliphatic heterocycles. The second kappa shape index (κ2) is 9.00. The first-order valence-corrected chi connectivity index (χ1v) is 11.5. The van der Waals surface area contributed by atoms with E-state index in [1.165, 1.54) is 17.0 Å². The summed E-state index contributed by atoms with van der Waals surface area (Å²) in [5.74, 6) is -1.47. The average Bonchev–Trinajstić information content (AvgIpc) is 3.33. The Hall–Kier alpha value is -4.39. The number of fused-ring (bicyclic) bond motifs is 1. The maximum atomic E-state index is 13.5. The summed E-state index contributed by atoms with van der Waals surface area (Å²) < 4.78 is 20.8. The smallest absolute Gasteiger partial charge is 0.295 e. The number of aryl methyl sites for hydroxylation is 2. The predicted molar refractivity (Wildman–Crippen MR) is 135 cm³/mol. The lowest BCUT2D eigenvalue weighted by Gasteiger charge is -2.25. The number of aromatic nitrogens is 1. The first-order chi connectivity index (χ1) is 17.3. The Morgan fingerprint density at radius 2 is 1.78 bits per heavy atom. The second-order valence-corrected chi connectivity index (χ2v) is 8.95. The predicted octanol–water partition coefficient (Wildman–Crippen LogP) is 5.26. The average molecular weight is 485 g/mol. The molecule has 0 bridgehead atoms. The van der Waals surface area contributed by atoms with Crippen molar-refractivity contribution in [3.63, 3.8) is 0 Å². The number of aliphatic hydroxyl groups is 1. The van der Waals surface area contributed by atoms with Crippen molar-refractivity contribution in [1.82, 2.24) is 9.47 Å². The zero-order chi connectivity index (χ0) is 25.6. The number of hydrogen-bond acceptors (Lipinski definition) is 4. The van der Waals surface area contributed by atoms with Crippen LogP contribution in [0.5, 0.6) is 5.75 Å². The number of likely N-dealkylation sites (tertiary alicyclic amines) is 1. The molecule has 1 saturated heterocycles. The molecule has 0 saturated carbocycles. The van der Waals surface area contributed by atoms with Crippen LogP contribution in [0.4, 0.5) is 4.39 Å². The van der Waals surface area contributed by atoms with Gasteiger partial charge in [0, 0.05) is 41.8 Å². The first-order valence-electron chi connectivity index (χ1n) is 11.5. The van der Waals surface area contributed by atoms with Gasteiger partial charge in [0.15, 0.2) is 0 Å². The van der Waals surface area contributed by atoms with Gasteiger partial charge in [0.05, 0.1) is 18.7 Å². The van der Waals surface area contributed by atoms with Gasteiger partial charge in [0.25, 0.3) is 11.7 Å². The molecule has 0 spiro atoms. The van der Waals surface area contributed by atoms with E-state index < -0.39 is 17.7 Å². The van der Waals surface area contributed by atoms with E-state index in [1.54, 1.807) is 37.4 Å². The number of carbonyl (C=O) groups is 2. The van der Waals surface area contributed by atoms with Gasteiger partial charge in [-0.1, -0.05) is 30.3 Å². The quantitative estimate of drug-likeness (QED) is 0.238. The number of hydrogen-bond donors (Lipinski definition) is 1. The summed E-state index contributed by atoms with van der Waals surface area (Å²) in [6.07, 6.45) is 1.88. The third-order valence-corrected chi connectivity index (χ3v) is 6.70. The number of nitrogens with zero attached hydrogens (tertiary/aromatic N) is 2. The minimum atomic E-state index is -0.830. The summed E-state index contributed by atoms with van der Waals surface area (Å²) in [5.41, 5.74) is 3.54. The molecule has 3 aromatic carbocycles. The maximum absolute atomic E-state index is 13.5. The molecular formula is C29H25FN2O4. The number of Topliss-reactive ketones (excluding diaryl/α,β-unsaturated/α-hetero) is 1. The van der Waals surface area contributed by atoms with Crippen LogP contribution in [0, 0.1) is 12.7 Å². The minimum Gasteiger partial charge on any atom is -0.507 e. The van der Waals surface area contributed by atoms with Crippen LogP contribution in [-0.2, 0) is 23.2 Å². The van der Waals surface area contributed by atoms with Gasteiger partial charge in [0.1, 0.15) is 17.3 Å². The number of ketones is 1. The molecular weight excluding hydrogens is 459 g/mol. The fourth-order valence-corrected chi connectivity index (χ4v) is 4.93. The molecule has 0 aliphatic carbocycles. The molecule has 0 radical (unpaired) electrons. The van der Waals surface area contributed by atoms with E-state index in [9.17, 15) is 19.1 Å². The van der Waals surface area contributed by atoms with Gasteiger partial charge >= 0.3 is 0 Å². The van der Waals surface area contributed by atoms with Crippen molar-refractivity contribution >= 4 is 28.4 Å². The Bertz CT molecular complexity index is 1530. The van der Waals surface area contributed by atoms with Crippen LogP contribution < -0.4 is 4.74 Å². The third kappa shape index (κ3) is 3.82. The van der Waals surface area contributed by atoms with Crippen molar-refractivity contribution < 1.29 is 23.8 Å². The van der Waals surface area contributed by atoms with Crippen LogP contribution in [0.2, 0.25) is 0 Å². The molecule has 4 aromatic rings. The molecule has 1 fully saturated rings. The van der Waals surface area contributed by atoms with Crippen molar-refractivity contribution in [2.45, 2.75) is 19.5 Å². The van der Waals surface area contributed by atoms with Gasteiger partial charge in [-0.25, -0.2) is 4.39 Å². The number of ether oxygens (including phenoxy) is 1. The van der Waals surface area contributed by atoms with Crippen LogP contribution in [0.1, 0.15) is 28.3 Å². The van der Waals surface area contributed by atoms with Gasteiger partial charge in [-0.2, -0.15) is 0 Å². The molecule has 2 heterocycles. The van der Waals surface area contributed by atoms with Crippen LogP contribution >= 0.6 is 0 Å². The molecule has 5 rings (SSSR count). The summed E-state index contributed by atoms with van der Waals surface area (Å²) in [7, 11) is 3.45. The highest BCUT2D eigenvalue weighted by Crippen LogP contribution is 2.43. The van der Waals surface area contributed by atoms with Crippen molar-refractivity contribution in [3.8, 4) is 5.75 Å². The first kappa shape index (κ1) is 23.4. The SMILES string of the molecule is COc1ccc(/C(O)=C2\C(=O)C(=O)N(Cc3ccc(F)cc3)C2c2cn(C)c3ccccc23)cc1C. The molecule has 1 N–H and O–H groups in total. The lowest BCUT2D eigenvalue weighted by atomic mass is 9.94. The molecule has 6 nitrogen and oxygen atoms in total. The van der Waals surface area contributed by atoms with Crippen LogP contribution in [0.25, 0.3) is 16.7 Å². The molecule has 7 heteroatoms. The summed E-state index contributed by atoms with van der Waals surface area (Å²) in [6.45, 7) is 1.92. The highest BCUT2D eigenvalue weighted by atomic mass is 19.1. The molecule has 1 atom stereocenters. The summed E-state index contributed by atoms with van der Waals surface area (Å²) in [4.78, 5) is 28.2. The second-order valence-electron chi connectivity index (χ2n) is 8.95. The van der Waals surface area contributed by atoms with E-state index in [0.29, 0.717) is 16.9 Å². The summed E-state index contributed by atoms with van der Waals surface area (Å²) in [6, 6.07) is 17.8. The Balaban J connectivity index is 1.72. The van der Waals surface area contributed by atoms with E-state index in [1.807, 2.05) is 49.0 Å². The lowest BCUT2D eigenvalue weighted by molar-refractivity contribution is -0.140. The number of para-hydroxylation sites is 1. The van der Waals surface area contributed by atoms with Gasteiger partial charge in [0.2, 0.25) is 0 Å². The standard InChI is InChI=1S/C29H25FN2O4/c1-17-14-19(10-13-24(17)36-3)27(33)25-26(22-16-31(2)23-7-5-4-6-21(22)23)32(29(35)28(25)34)15-18-8-11-20(30)12-9-18/h4-14,16,26,33H,15H2,1-3H3/b27-25+. The molecule has 1 aromatic heterocycles. The Labute approximate surface area is 207 Å². The summed E-state index contributed by atoms with van der Waals surface area (Å²) in [5, 5.41) is 12.3. The van der Waals surface area contributed by atoms with Crippen molar-refractivity contribution in [1.29, 1.82) is 0 Å². The number of benzene rings is 3. The highest BCUT2D eigenvalue weighted by Gasteiger charge is 2.47. The van der Waals surface area contributed by atoms with Gasteiger partial charge < -0.3 is 19.3 Å². The van der Waals surface area contributed by atoms with Crippen molar-refractivity contribution in [2.75, 3.05) is 7.11 Å². The van der Waals surface area contributed by atoms with Crippen LogP contribution in [0.15, 0.2) is 78.5 Å². The van der Waals surface area contributed by atoms with Crippen LogP contribution in [0.3, 0.4) is 0 Å². The Morgan fingerprint density at radius 3 is 2.47 bits per heavy atom. The zero-order valence-electron chi connectivity index (χ0n) is 20.2. The van der Waals surface area contributed by atoms with E-state index >= 15 is 0 Å². The normalized spacial score (nSPS) is 17.2. The van der Waals surface area contributed by atoms with E-state index in [0.717, 1.165) is 22.0 Å². The summed E-state index contributed by atoms with van der Waals surface area (Å²) >= 11 is 0. The number of carbonyl (C=O) groups excluding carboxylic acids is 2. The van der Waals surface area contributed by atoms with Gasteiger partial charge in [-0.05, 0) is 54.4 Å². The topological polar surface area (TPSA) is 71.8 Å². The van der Waals surface area contributed by atoms with E-state index in [-0.39, 0.29) is 23.7 Å². The number of halogens is 1. The molecule has 36 heavy (non-hydrogen) atoms. The molecule has 1 amide bonds. The van der Waals surface area contributed by atoms with Crippen LogP contribution in [-0.4, -0.2) is 33.4 Å².